The van der Waals surface area contributed by atoms with Crippen molar-refractivity contribution in [2.24, 2.45) is 0 Å². The van der Waals surface area contributed by atoms with E-state index in [1.807, 2.05) is 53.4 Å². The van der Waals surface area contributed by atoms with E-state index in [9.17, 15) is 4.79 Å². The molecule has 0 saturated carbocycles. The average molecular weight is 440 g/mol. The van der Waals surface area contributed by atoms with Gasteiger partial charge in [-0.2, -0.15) is 0 Å². The minimum absolute atomic E-state index is 0.131. The lowest BCUT2D eigenvalue weighted by molar-refractivity contribution is -0.857. The lowest BCUT2D eigenvalue weighted by Gasteiger charge is -2.26. The summed E-state index contributed by atoms with van der Waals surface area (Å²) < 4.78 is 11.3. The van der Waals surface area contributed by atoms with Crippen molar-refractivity contribution < 1.29 is 14.4 Å². The fourth-order valence-corrected chi connectivity index (χ4v) is 3.72. The third kappa shape index (κ3) is 5.15. The lowest BCUT2D eigenvalue weighted by atomic mass is 10.1. The number of hydrogen-bond donors (Lipinski definition) is 3. The number of quaternary nitrogens is 1. The van der Waals surface area contributed by atoms with Crippen LogP contribution in [0.4, 0.5) is 5.69 Å². The third-order valence-corrected chi connectivity index (χ3v) is 5.50. The Morgan fingerprint density at radius 2 is 1.84 bits per heavy atom. The number of pyridine rings is 1. The highest BCUT2D eigenvalue weighted by Gasteiger charge is 2.17. The van der Waals surface area contributed by atoms with Crippen LogP contribution in [0.3, 0.4) is 0 Å². The summed E-state index contributed by atoms with van der Waals surface area (Å²) in [5, 5.41) is 4.78. The number of thiocarbonyl (C=S) groups is 1. The van der Waals surface area contributed by atoms with Gasteiger partial charge in [-0.25, -0.2) is 0 Å². The van der Waals surface area contributed by atoms with Crippen LogP contribution in [0.25, 0.3) is 10.9 Å². The molecule has 0 radical (unpaired) electrons. The summed E-state index contributed by atoms with van der Waals surface area (Å²) in [4.78, 5) is 19.2. The Balaban J connectivity index is 1.60. The molecule has 0 spiro atoms. The van der Waals surface area contributed by atoms with E-state index < -0.39 is 0 Å². The van der Waals surface area contributed by atoms with E-state index in [2.05, 4.69) is 24.4 Å². The van der Waals surface area contributed by atoms with Crippen molar-refractivity contribution in [2.45, 2.75) is 6.54 Å². The van der Waals surface area contributed by atoms with Crippen LogP contribution in [-0.4, -0.2) is 55.4 Å². The van der Waals surface area contributed by atoms with E-state index in [1.165, 1.54) is 4.90 Å². The second-order valence-corrected chi connectivity index (χ2v) is 8.27. The fourth-order valence-electron chi connectivity index (χ4n) is 3.45. The Labute approximate surface area is 186 Å². The number of aromatic nitrogens is 1. The van der Waals surface area contributed by atoms with Gasteiger partial charge in [-0.15, -0.1) is 0 Å². The van der Waals surface area contributed by atoms with Gasteiger partial charge < -0.3 is 29.6 Å². The number of anilines is 1. The molecule has 8 heteroatoms. The topological polar surface area (TPSA) is 71.0 Å². The standard InChI is InChI=1S/C23H26N4O3S/c1-26(2)8-9-27(23(31)24-18-6-4-3-5-7-18)15-17-12-16-13-20-21(30-11-10-29-20)14-19(16)25-22(17)28/h3-7,12-14H,8-11,15H2,1-2H3,(H,24,31)(H,25,28)/p+1. The number of H-pyrrole nitrogens is 1. The van der Waals surface area contributed by atoms with Crippen molar-refractivity contribution >= 4 is 33.9 Å². The SMILES string of the molecule is C[NH+](C)CCN(Cc1cc2cc3c(cc2[nH]c1=O)OCCO3)C(=S)Nc1ccccc1. The second kappa shape index (κ2) is 9.36. The fraction of sp³-hybridized carbons (Fsp3) is 0.304. The number of rotatable bonds is 6. The molecule has 0 unspecified atom stereocenters. The zero-order valence-electron chi connectivity index (χ0n) is 17.7. The molecule has 162 valence electrons. The number of hydrogen-bond acceptors (Lipinski definition) is 4. The van der Waals surface area contributed by atoms with Crippen molar-refractivity contribution in [1.29, 1.82) is 0 Å². The molecule has 1 aromatic heterocycles. The Bertz CT molecular complexity index is 1130. The predicted molar refractivity (Wildman–Crippen MR) is 126 cm³/mol. The highest BCUT2D eigenvalue weighted by molar-refractivity contribution is 7.80. The third-order valence-electron chi connectivity index (χ3n) is 5.14. The van der Waals surface area contributed by atoms with Crippen LogP contribution in [0.5, 0.6) is 11.5 Å². The van der Waals surface area contributed by atoms with Gasteiger partial charge in [-0.05, 0) is 36.5 Å². The normalized spacial score (nSPS) is 12.7. The Kier molecular flexibility index (Phi) is 6.39. The summed E-state index contributed by atoms with van der Waals surface area (Å²) in [5.74, 6) is 1.36. The monoisotopic (exact) mass is 439 g/mol. The average Bonchev–Trinajstić information content (AvgIpc) is 2.76. The van der Waals surface area contributed by atoms with Gasteiger partial charge in [0.1, 0.15) is 13.2 Å². The molecule has 2 heterocycles. The van der Waals surface area contributed by atoms with Gasteiger partial charge in [-0.1, -0.05) is 18.2 Å². The minimum Gasteiger partial charge on any atom is -0.486 e. The van der Waals surface area contributed by atoms with E-state index in [0.717, 1.165) is 29.7 Å². The van der Waals surface area contributed by atoms with Gasteiger partial charge in [0, 0.05) is 22.7 Å². The van der Waals surface area contributed by atoms with Crippen LogP contribution >= 0.6 is 12.2 Å². The Morgan fingerprint density at radius 3 is 2.55 bits per heavy atom. The van der Waals surface area contributed by atoms with Crippen LogP contribution in [-0.2, 0) is 6.54 Å². The second-order valence-electron chi connectivity index (χ2n) is 7.88. The van der Waals surface area contributed by atoms with Gasteiger partial charge in [-0.3, -0.25) is 4.79 Å². The number of aromatic amines is 1. The maximum atomic E-state index is 12.8. The summed E-state index contributed by atoms with van der Waals surface area (Å²) >= 11 is 5.68. The van der Waals surface area contributed by atoms with E-state index in [0.29, 0.717) is 41.9 Å². The van der Waals surface area contributed by atoms with E-state index >= 15 is 0 Å². The summed E-state index contributed by atoms with van der Waals surface area (Å²) in [6, 6.07) is 15.5. The number of para-hydroxylation sites is 1. The van der Waals surface area contributed by atoms with Crippen LogP contribution in [0, 0.1) is 0 Å². The van der Waals surface area contributed by atoms with Crippen LogP contribution in [0.15, 0.2) is 53.3 Å². The first-order valence-electron chi connectivity index (χ1n) is 10.3. The number of nitrogens with one attached hydrogen (secondary N) is 3. The summed E-state index contributed by atoms with van der Waals surface area (Å²) in [6.45, 7) is 3.05. The molecule has 0 aliphatic carbocycles. The lowest BCUT2D eigenvalue weighted by Crippen LogP contribution is -3.06. The van der Waals surface area contributed by atoms with Gasteiger partial charge >= 0.3 is 0 Å². The zero-order valence-corrected chi connectivity index (χ0v) is 18.6. The van der Waals surface area contributed by atoms with Crippen molar-refractivity contribution in [3.8, 4) is 11.5 Å². The summed E-state index contributed by atoms with van der Waals surface area (Å²) in [6.07, 6.45) is 0. The number of likely N-dealkylation sites (N-methyl/N-ethyl adjacent to an activating group) is 1. The van der Waals surface area contributed by atoms with Gasteiger partial charge in [0.25, 0.3) is 5.56 Å². The number of nitrogens with zero attached hydrogens (tertiary/aromatic N) is 1. The first kappa shape index (κ1) is 21.1. The largest absolute Gasteiger partial charge is 0.486 e. The molecule has 0 fully saturated rings. The maximum absolute atomic E-state index is 12.8. The molecule has 1 aliphatic rings. The van der Waals surface area contributed by atoms with Crippen LogP contribution in [0.2, 0.25) is 0 Å². The summed E-state index contributed by atoms with van der Waals surface area (Å²) in [5.41, 5.74) is 2.17. The minimum atomic E-state index is -0.131. The predicted octanol–water partition coefficient (Wildman–Crippen LogP) is 1.64. The molecule has 0 bridgehead atoms. The molecule has 0 amide bonds. The summed E-state index contributed by atoms with van der Waals surface area (Å²) in [7, 11) is 4.19. The Hall–Kier alpha value is -3.10. The van der Waals surface area contributed by atoms with Gasteiger partial charge in [0.2, 0.25) is 0 Å². The van der Waals surface area contributed by atoms with Crippen molar-refractivity contribution in [2.75, 3.05) is 45.7 Å². The van der Waals surface area contributed by atoms with Crippen molar-refractivity contribution in [3.63, 3.8) is 0 Å². The highest BCUT2D eigenvalue weighted by Crippen LogP contribution is 2.33. The molecule has 3 aromatic rings. The molecule has 3 N–H and O–H groups in total. The van der Waals surface area contributed by atoms with E-state index in [4.69, 9.17) is 21.7 Å². The number of ether oxygens (including phenoxy) is 2. The van der Waals surface area contributed by atoms with Crippen molar-refractivity contribution in [1.82, 2.24) is 9.88 Å². The molecule has 1 aliphatic heterocycles. The van der Waals surface area contributed by atoms with E-state index in [1.54, 1.807) is 0 Å². The van der Waals surface area contributed by atoms with E-state index in [-0.39, 0.29) is 5.56 Å². The smallest absolute Gasteiger partial charge is 0.253 e. The molecule has 7 nitrogen and oxygen atoms in total. The number of fused-ring (bicyclic) bond motifs is 2. The maximum Gasteiger partial charge on any atom is 0.253 e. The molecule has 0 saturated heterocycles. The van der Waals surface area contributed by atoms with Crippen LogP contribution in [0.1, 0.15) is 5.56 Å². The van der Waals surface area contributed by atoms with Crippen LogP contribution < -0.4 is 25.2 Å². The molecule has 2 aromatic carbocycles. The highest BCUT2D eigenvalue weighted by atomic mass is 32.1. The zero-order chi connectivity index (χ0) is 21.8. The van der Waals surface area contributed by atoms with Gasteiger partial charge in [0.05, 0.1) is 39.2 Å². The Morgan fingerprint density at radius 1 is 1.13 bits per heavy atom. The molecular weight excluding hydrogens is 412 g/mol. The first-order chi connectivity index (χ1) is 15.0. The number of benzene rings is 2. The van der Waals surface area contributed by atoms with Gasteiger partial charge in [0.15, 0.2) is 16.6 Å². The molecule has 0 atom stereocenters. The quantitative estimate of drug-likeness (QED) is 0.508. The molecule has 4 rings (SSSR count). The molecule has 31 heavy (non-hydrogen) atoms. The van der Waals surface area contributed by atoms with Crippen molar-refractivity contribution in [3.05, 3.63) is 64.4 Å². The first-order valence-corrected chi connectivity index (χ1v) is 10.8. The molecular formula is C23H27N4O3S+.